The van der Waals surface area contributed by atoms with Crippen molar-refractivity contribution in [3.63, 3.8) is 0 Å². The molecule has 3 aromatic rings. The zero-order chi connectivity index (χ0) is 23.5. The summed E-state index contributed by atoms with van der Waals surface area (Å²) in [5.41, 5.74) is 1.75. The quantitative estimate of drug-likeness (QED) is 0.381. The first-order valence-electron chi connectivity index (χ1n) is 9.32. The molecule has 32 heavy (non-hydrogen) atoms. The molecule has 0 bridgehead atoms. The van der Waals surface area contributed by atoms with Crippen molar-refractivity contribution in [3.05, 3.63) is 91.9 Å². The van der Waals surface area contributed by atoms with Gasteiger partial charge in [0.1, 0.15) is 0 Å². The van der Waals surface area contributed by atoms with Crippen LogP contribution in [0.5, 0.6) is 0 Å². The molecule has 0 aliphatic rings. The van der Waals surface area contributed by atoms with Crippen LogP contribution in [-0.4, -0.2) is 25.2 Å². The van der Waals surface area contributed by atoms with Crippen molar-refractivity contribution < 1.29 is 13.2 Å². The summed E-state index contributed by atoms with van der Waals surface area (Å²) < 4.78 is 27.7. The predicted octanol–water partition coefficient (Wildman–Crippen LogP) is 6.44. The summed E-state index contributed by atoms with van der Waals surface area (Å²) in [6.07, 6.45) is 0. The molecule has 0 fully saturated rings. The minimum Gasteiger partial charge on any atom is -0.325 e. The number of nitrogens with zero attached hydrogens (tertiary/aromatic N) is 1. The summed E-state index contributed by atoms with van der Waals surface area (Å²) in [6, 6.07) is 15.6. The monoisotopic (exact) mass is 530 g/mol. The summed E-state index contributed by atoms with van der Waals surface area (Å²) in [5.74, 6) is -0.520. The Labute approximate surface area is 206 Å². The molecular weight excluding hydrogens is 514 g/mol. The number of nitrogens with one attached hydrogen (secondary N) is 1. The Hall–Kier alpha value is -1.80. The number of carbonyl (C=O) groups is 1. The first-order valence-corrected chi connectivity index (χ1v) is 12.3. The van der Waals surface area contributed by atoms with Crippen LogP contribution < -0.4 is 5.32 Å². The first kappa shape index (κ1) is 24.8. The van der Waals surface area contributed by atoms with Crippen molar-refractivity contribution in [1.82, 2.24) is 4.31 Å². The van der Waals surface area contributed by atoms with Crippen LogP contribution in [0.15, 0.2) is 65.6 Å². The molecular formula is C22H18Cl4N2O3S. The highest BCUT2D eigenvalue weighted by atomic mass is 35.5. The van der Waals surface area contributed by atoms with E-state index in [0.717, 1.165) is 4.31 Å². The van der Waals surface area contributed by atoms with E-state index in [1.54, 1.807) is 43.3 Å². The van der Waals surface area contributed by atoms with E-state index in [4.69, 9.17) is 46.4 Å². The van der Waals surface area contributed by atoms with Crippen molar-refractivity contribution in [2.24, 2.45) is 0 Å². The van der Waals surface area contributed by atoms with Gasteiger partial charge in [-0.15, -0.1) is 0 Å². The highest BCUT2D eigenvalue weighted by Crippen LogP contribution is 2.26. The van der Waals surface area contributed by atoms with E-state index in [-0.39, 0.29) is 16.5 Å². The molecule has 0 unspecified atom stereocenters. The Kier molecular flexibility index (Phi) is 8.09. The molecule has 3 aromatic carbocycles. The van der Waals surface area contributed by atoms with Crippen molar-refractivity contribution in [2.45, 2.75) is 18.4 Å². The third-order valence-corrected chi connectivity index (χ3v) is 7.86. The van der Waals surface area contributed by atoms with Crippen LogP contribution in [-0.2, 0) is 21.4 Å². The Morgan fingerprint density at radius 1 is 0.906 bits per heavy atom. The van der Waals surface area contributed by atoms with E-state index in [1.165, 1.54) is 24.3 Å². The molecule has 0 aliphatic heterocycles. The van der Waals surface area contributed by atoms with Crippen molar-refractivity contribution in [2.75, 3.05) is 11.9 Å². The number of rotatable bonds is 7. The van der Waals surface area contributed by atoms with E-state index < -0.39 is 22.5 Å². The number of amides is 1. The first-order chi connectivity index (χ1) is 15.1. The fourth-order valence-corrected chi connectivity index (χ4v) is 4.92. The zero-order valence-electron chi connectivity index (χ0n) is 16.8. The third-order valence-electron chi connectivity index (χ3n) is 4.66. The van der Waals surface area contributed by atoms with Gasteiger partial charge in [0.25, 0.3) is 0 Å². The van der Waals surface area contributed by atoms with Gasteiger partial charge in [0, 0.05) is 22.3 Å². The zero-order valence-corrected chi connectivity index (χ0v) is 20.6. The van der Waals surface area contributed by atoms with Gasteiger partial charge in [-0.05, 0) is 66.6 Å². The van der Waals surface area contributed by atoms with Crippen molar-refractivity contribution >= 4 is 68.0 Å². The van der Waals surface area contributed by atoms with E-state index >= 15 is 0 Å². The van der Waals surface area contributed by atoms with Gasteiger partial charge < -0.3 is 5.32 Å². The molecule has 0 saturated carbocycles. The van der Waals surface area contributed by atoms with Crippen LogP contribution in [0.2, 0.25) is 20.1 Å². The molecule has 3 rings (SSSR count). The SMILES string of the molecule is Cc1c(Cl)cccc1NC(=O)CN(Cc1ccc(Cl)c(Cl)c1)S(=O)(=O)c1ccc(Cl)cc1. The highest BCUT2D eigenvalue weighted by molar-refractivity contribution is 7.89. The van der Waals surface area contributed by atoms with Crippen molar-refractivity contribution in [1.29, 1.82) is 0 Å². The number of hydrogen-bond acceptors (Lipinski definition) is 3. The fourth-order valence-electron chi connectivity index (χ4n) is 2.92. The molecule has 5 nitrogen and oxygen atoms in total. The smallest absolute Gasteiger partial charge is 0.243 e. The van der Waals surface area contributed by atoms with Crippen LogP contribution in [0.1, 0.15) is 11.1 Å². The second kappa shape index (κ2) is 10.4. The average Bonchev–Trinajstić information content (AvgIpc) is 2.74. The Bertz CT molecular complexity index is 1250. The second-order valence-electron chi connectivity index (χ2n) is 6.94. The van der Waals surface area contributed by atoms with Gasteiger partial charge in [0.15, 0.2) is 0 Å². The lowest BCUT2D eigenvalue weighted by Gasteiger charge is -2.22. The number of carbonyl (C=O) groups excluding carboxylic acids is 1. The summed E-state index contributed by atoms with van der Waals surface area (Å²) >= 11 is 24.1. The third kappa shape index (κ3) is 5.95. The van der Waals surface area contributed by atoms with Gasteiger partial charge in [-0.2, -0.15) is 4.31 Å². The van der Waals surface area contributed by atoms with Crippen molar-refractivity contribution in [3.8, 4) is 0 Å². The number of halogens is 4. The lowest BCUT2D eigenvalue weighted by molar-refractivity contribution is -0.116. The molecule has 1 amide bonds. The number of anilines is 1. The summed E-state index contributed by atoms with van der Waals surface area (Å²) in [7, 11) is -4.03. The van der Waals surface area contributed by atoms with E-state index in [1.807, 2.05) is 0 Å². The molecule has 0 radical (unpaired) electrons. The van der Waals surface area contributed by atoms with Crippen LogP contribution in [0.4, 0.5) is 5.69 Å². The summed E-state index contributed by atoms with van der Waals surface area (Å²) in [5, 5.41) is 4.24. The summed E-state index contributed by atoms with van der Waals surface area (Å²) in [6.45, 7) is 1.23. The molecule has 0 atom stereocenters. The molecule has 0 aliphatic carbocycles. The van der Waals surface area contributed by atoms with Crippen LogP contribution in [0.3, 0.4) is 0 Å². The fraction of sp³-hybridized carbons (Fsp3) is 0.136. The van der Waals surface area contributed by atoms with E-state index in [9.17, 15) is 13.2 Å². The summed E-state index contributed by atoms with van der Waals surface area (Å²) in [4.78, 5) is 12.8. The van der Waals surface area contributed by atoms with Crippen LogP contribution in [0.25, 0.3) is 0 Å². The Balaban J connectivity index is 1.92. The van der Waals surface area contributed by atoms with Gasteiger partial charge >= 0.3 is 0 Å². The van der Waals surface area contributed by atoms with Gasteiger partial charge in [-0.3, -0.25) is 4.79 Å². The molecule has 168 valence electrons. The largest absolute Gasteiger partial charge is 0.325 e. The normalized spacial score (nSPS) is 11.6. The maximum Gasteiger partial charge on any atom is 0.243 e. The average molecular weight is 532 g/mol. The number of benzene rings is 3. The number of hydrogen-bond donors (Lipinski definition) is 1. The minimum atomic E-state index is -4.03. The van der Waals surface area contributed by atoms with E-state index in [0.29, 0.717) is 31.9 Å². The van der Waals surface area contributed by atoms with Gasteiger partial charge in [-0.25, -0.2) is 8.42 Å². The van der Waals surface area contributed by atoms with Crippen LogP contribution in [0, 0.1) is 6.92 Å². The van der Waals surface area contributed by atoms with Crippen LogP contribution >= 0.6 is 46.4 Å². The lowest BCUT2D eigenvalue weighted by atomic mass is 10.2. The van der Waals surface area contributed by atoms with Gasteiger partial charge in [0.2, 0.25) is 15.9 Å². The lowest BCUT2D eigenvalue weighted by Crippen LogP contribution is -2.37. The Morgan fingerprint density at radius 3 is 2.25 bits per heavy atom. The minimum absolute atomic E-state index is 0.00805. The predicted molar refractivity (Wildman–Crippen MR) is 130 cm³/mol. The van der Waals surface area contributed by atoms with E-state index in [2.05, 4.69) is 5.32 Å². The Morgan fingerprint density at radius 2 is 1.59 bits per heavy atom. The molecule has 0 saturated heterocycles. The van der Waals surface area contributed by atoms with Gasteiger partial charge in [0.05, 0.1) is 21.5 Å². The molecule has 0 heterocycles. The maximum atomic E-state index is 13.3. The topological polar surface area (TPSA) is 66.5 Å². The van der Waals surface area contributed by atoms with Gasteiger partial charge in [-0.1, -0.05) is 58.5 Å². The number of sulfonamides is 1. The molecule has 1 N–H and O–H groups in total. The maximum absolute atomic E-state index is 13.3. The standard InChI is InChI=1S/C22H18Cl4N2O3S/c1-14-18(24)3-2-4-21(14)27-22(29)13-28(12-15-5-10-19(25)20(26)11-15)32(30,31)17-8-6-16(23)7-9-17/h2-11H,12-13H2,1H3,(H,27,29). The molecule has 0 spiro atoms. The molecule has 0 aromatic heterocycles. The highest BCUT2D eigenvalue weighted by Gasteiger charge is 2.27. The second-order valence-corrected chi connectivity index (χ2v) is 10.5. The molecule has 10 heteroatoms.